The van der Waals surface area contributed by atoms with Crippen LogP contribution in [0.4, 0.5) is 0 Å². The van der Waals surface area contributed by atoms with E-state index in [0.717, 1.165) is 33.6 Å². The van der Waals surface area contributed by atoms with E-state index in [1.165, 1.54) is 48.7 Å². The smallest absolute Gasteiger partial charge is 0.161 e. The Hall–Kier alpha value is -6.03. The highest BCUT2D eigenvalue weighted by Gasteiger charge is 2.52. The zero-order valence-corrected chi connectivity index (χ0v) is 30.4. The summed E-state index contributed by atoms with van der Waals surface area (Å²) in [7, 11) is 0. The van der Waals surface area contributed by atoms with Gasteiger partial charge < -0.3 is 0 Å². The van der Waals surface area contributed by atoms with Gasteiger partial charge in [0.05, 0.1) is 16.8 Å². The van der Waals surface area contributed by atoms with Crippen molar-refractivity contribution in [2.45, 2.75) is 34.5 Å². The molecule has 0 saturated heterocycles. The molecule has 0 bridgehead atoms. The fourth-order valence-electron chi connectivity index (χ4n) is 8.85. The van der Waals surface area contributed by atoms with Crippen molar-refractivity contribution >= 4 is 11.8 Å². The molecule has 1 spiro atoms. The van der Waals surface area contributed by atoms with Crippen LogP contribution in [-0.2, 0) is 10.8 Å². The molecule has 8 aromatic rings. The molecule has 10 rings (SSSR count). The average molecular weight is 697 g/mol. The lowest BCUT2D eigenvalue weighted by atomic mass is 9.54. The molecule has 0 saturated carbocycles. The summed E-state index contributed by atoms with van der Waals surface area (Å²) in [6.07, 6.45) is 0. The van der Waals surface area contributed by atoms with Gasteiger partial charge in [0.2, 0.25) is 0 Å². The Morgan fingerprint density at radius 3 is 1.45 bits per heavy atom. The van der Waals surface area contributed by atoms with Crippen LogP contribution in [0.15, 0.2) is 192 Å². The molecule has 0 atom stereocenters. The van der Waals surface area contributed by atoms with Crippen molar-refractivity contribution in [2.24, 2.45) is 0 Å². The van der Waals surface area contributed by atoms with Gasteiger partial charge in [-0.15, -0.1) is 0 Å². The molecule has 2 nitrogen and oxygen atoms in total. The molecule has 0 fully saturated rings. The van der Waals surface area contributed by atoms with Gasteiger partial charge in [-0.2, -0.15) is 0 Å². The van der Waals surface area contributed by atoms with Gasteiger partial charge in [-0.25, -0.2) is 9.97 Å². The number of fused-ring (bicyclic) bond motifs is 8. The first kappa shape index (κ1) is 31.7. The summed E-state index contributed by atoms with van der Waals surface area (Å²) in [4.78, 5) is 13.1. The Morgan fingerprint density at radius 2 is 0.849 bits per heavy atom. The van der Waals surface area contributed by atoms with Crippen molar-refractivity contribution in [3.8, 4) is 45.0 Å². The normalized spacial score (nSPS) is 14.5. The second-order valence-electron chi connectivity index (χ2n) is 14.5. The molecule has 0 amide bonds. The van der Waals surface area contributed by atoms with Gasteiger partial charge in [0.1, 0.15) is 0 Å². The summed E-state index contributed by atoms with van der Waals surface area (Å²) in [5.74, 6) is 0.712. The van der Waals surface area contributed by atoms with Crippen molar-refractivity contribution in [3.63, 3.8) is 0 Å². The SMILES string of the molecule is CC1(C)c2ccccc2C2(c3ccccc3Sc3c(-c4ccccc4-c4nc(-c5ccccc5)cc(-c5ccccc5)n4)cccc32)c2ccccc21. The molecule has 0 radical (unpaired) electrons. The summed E-state index contributed by atoms with van der Waals surface area (Å²) >= 11 is 1.88. The molecule has 1 aliphatic heterocycles. The number of hydrogen-bond acceptors (Lipinski definition) is 3. The van der Waals surface area contributed by atoms with E-state index in [4.69, 9.17) is 9.97 Å². The van der Waals surface area contributed by atoms with Crippen LogP contribution in [0.3, 0.4) is 0 Å². The predicted molar refractivity (Wildman–Crippen MR) is 218 cm³/mol. The van der Waals surface area contributed by atoms with E-state index >= 15 is 0 Å². The zero-order valence-electron chi connectivity index (χ0n) is 29.6. The second kappa shape index (κ2) is 12.3. The molecular formula is C50H36N2S. The summed E-state index contributed by atoms with van der Waals surface area (Å²) < 4.78 is 0. The van der Waals surface area contributed by atoms with E-state index in [2.05, 4.69) is 184 Å². The molecule has 0 N–H and O–H groups in total. The summed E-state index contributed by atoms with van der Waals surface area (Å²) in [5.41, 5.74) is 14.7. The van der Waals surface area contributed by atoms with Crippen molar-refractivity contribution in [3.05, 3.63) is 215 Å². The lowest BCUT2D eigenvalue weighted by Crippen LogP contribution is -2.43. The monoisotopic (exact) mass is 696 g/mol. The van der Waals surface area contributed by atoms with Crippen LogP contribution < -0.4 is 0 Å². The van der Waals surface area contributed by atoms with Gasteiger partial charge in [0, 0.05) is 31.9 Å². The summed E-state index contributed by atoms with van der Waals surface area (Å²) in [5, 5.41) is 0. The highest BCUT2D eigenvalue weighted by Crippen LogP contribution is 2.62. The quantitative estimate of drug-likeness (QED) is 0.183. The predicted octanol–water partition coefficient (Wildman–Crippen LogP) is 12.6. The molecule has 2 aliphatic rings. The van der Waals surface area contributed by atoms with E-state index in [-0.39, 0.29) is 5.41 Å². The highest BCUT2D eigenvalue weighted by molar-refractivity contribution is 7.99. The van der Waals surface area contributed by atoms with Gasteiger partial charge in [-0.3, -0.25) is 0 Å². The van der Waals surface area contributed by atoms with E-state index in [1.54, 1.807) is 0 Å². The van der Waals surface area contributed by atoms with E-state index in [0.29, 0.717) is 5.82 Å². The molecule has 1 aromatic heterocycles. The first-order valence-corrected chi connectivity index (χ1v) is 19.1. The summed E-state index contributed by atoms with van der Waals surface area (Å²) in [6.45, 7) is 4.75. The van der Waals surface area contributed by atoms with Crippen LogP contribution >= 0.6 is 11.8 Å². The zero-order chi connectivity index (χ0) is 35.6. The van der Waals surface area contributed by atoms with E-state index in [9.17, 15) is 0 Å². The van der Waals surface area contributed by atoms with Gasteiger partial charge in [-0.05, 0) is 56.6 Å². The first-order chi connectivity index (χ1) is 26.0. The van der Waals surface area contributed by atoms with Crippen LogP contribution in [0.25, 0.3) is 45.0 Å². The molecule has 7 aromatic carbocycles. The molecule has 53 heavy (non-hydrogen) atoms. The van der Waals surface area contributed by atoms with Gasteiger partial charge in [-0.1, -0.05) is 195 Å². The van der Waals surface area contributed by atoms with Gasteiger partial charge >= 0.3 is 0 Å². The molecule has 252 valence electrons. The Balaban J connectivity index is 1.25. The molecule has 2 heterocycles. The molecular weight excluding hydrogens is 661 g/mol. The maximum absolute atomic E-state index is 5.27. The summed E-state index contributed by atoms with van der Waals surface area (Å²) in [6, 6.07) is 65.8. The minimum Gasteiger partial charge on any atom is -0.228 e. The highest BCUT2D eigenvalue weighted by atomic mass is 32.2. The van der Waals surface area contributed by atoms with Crippen LogP contribution in [0, 0.1) is 0 Å². The third kappa shape index (κ3) is 4.81. The van der Waals surface area contributed by atoms with E-state index < -0.39 is 5.41 Å². The van der Waals surface area contributed by atoms with Crippen molar-refractivity contribution < 1.29 is 0 Å². The standard InChI is InChI=1S/C50H36N2S/c1-49(2)38-25-11-13-27-40(38)50(41-28-14-12-26-39(41)49)42-29-15-16-31-46(42)53-47-36(24-17-30-43(47)50)35-22-9-10-23-37(35)48-51-44(33-18-5-3-6-19-33)32-45(52-48)34-20-7-4-8-21-34/h3-32H,1-2H3. The maximum atomic E-state index is 5.27. The van der Waals surface area contributed by atoms with Crippen molar-refractivity contribution in [1.82, 2.24) is 9.97 Å². The largest absolute Gasteiger partial charge is 0.228 e. The molecule has 1 aliphatic carbocycles. The first-order valence-electron chi connectivity index (χ1n) is 18.3. The number of nitrogens with zero attached hydrogens (tertiary/aromatic N) is 2. The van der Waals surface area contributed by atoms with E-state index in [1.807, 2.05) is 23.9 Å². The lowest BCUT2D eigenvalue weighted by molar-refractivity contribution is 0.549. The average Bonchev–Trinajstić information content (AvgIpc) is 3.23. The van der Waals surface area contributed by atoms with Crippen LogP contribution in [0.5, 0.6) is 0 Å². The van der Waals surface area contributed by atoms with Gasteiger partial charge in [0.25, 0.3) is 0 Å². The minimum atomic E-state index is -0.491. The molecule has 0 unspecified atom stereocenters. The minimum absolute atomic E-state index is 0.153. The number of benzene rings is 7. The Bertz CT molecular complexity index is 2570. The number of rotatable bonds is 4. The fraction of sp³-hybridized carbons (Fsp3) is 0.0800. The topological polar surface area (TPSA) is 25.8 Å². The number of aromatic nitrogens is 2. The lowest BCUT2D eigenvalue weighted by Gasteiger charge is -2.50. The van der Waals surface area contributed by atoms with Crippen molar-refractivity contribution in [2.75, 3.05) is 0 Å². The Labute approximate surface area is 315 Å². The molecule has 3 heteroatoms. The third-order valence-corrected chi connectivity index (χ3v) is 12.5. The Morgan fingerprint density at radius 1 is 0.396 bits per heavy atom. The van der Waals surface area contributed by atoms with Gasteiger partial charge in [0.15, 0.2) is 5.82 Å². The Kier molecular flexibility index (Phi) is 7.35. The maximum Gasteiger partial charge on any atom is 0.161 e. The second-order valence-corrected chi connectivity index (χ2v) is 15.5. The van der Waals surface area contributed by atoms with Crippen LogP contribution in [0.1, 0.15) is 47.2 Å². The fourth-order valence-corrected chi connectivity index (χ4v) is 10.2. The third-order valence-electron chi connectivity index (χ3n) is 11.3. The van der Waals surface area contributed by atoms with Crippen molar-refractivity contribution in [1.29, 1.82) is 0 Å². The van der Waals surface area contributed by atoms with Crippen LogP contribution in [-0.4, -0.2) is 9.97 Å². The van der Waals surface area contributed by atoms with Crippen LogP contribution in [0.2, 0.25) is 0 Å². The number of hydrogen-bond donors (Lipinski definition) is 0.